The fourth-order valence-electron chi connectivity index (χ4n) is 3.14. The van der Waals surface area contributed by atoms with Gasteiger partial charge in [0.25, 0.3) is 0 Å². The third kappa shape index (κ3) is 3.55. The highest BCUT2D eigenvalue weighted by molar-refractivity contribution is 7.89. The molecule has 2 saturated heterocycles. The van der Waals surface area contributed by atoms with Crippen LogP contribution in [-0.4, -0.2) is 58.0 Å². The fraction of sp³-hybridized carbons (Fsp3) is 0.562. The first-order chi connectivity index (χ1) is 11.5. The van der Waals surface area contributed by atoms with Crippen LogP contribution in [0.3, 0.4) is 0 Å². The smallest absolute Gasteiger partial charge is 0.243 e. The molecule has 2 aliphatic rings. The Bertz CT molecular complexity index is 708. The molecule has 1 aromatic carbocycles. The zero-order valence-electron chi connectivity index (χ0n) is 13.8. The predicted octanol–water partition coefficient (Wildman–Crippen LogP) is 1.27. The van der Waals surface area contributed by atoms with E-state index in [0.29, 0.717) is 32.0 Å². The van der Waals surface area contributed by atoms with E-state index in [4.69, 9.17) is 4.74 Å². The van der Waals surface area contributed by atoms with Crippen molar-refractivity contribution in [3.05, 3.63) is 18.2 Å². The summed E-state index contributed by atoms with van der Waals surface area (Å²) in [5, 5.41) is 2.78. The van der Waals surface area contributed by atoms with Gasteiger partial charge in [-0.2, -0.15) is 4.31 Å². The van der Waals surface area contributed by atoms with Crippen LogP contribution in [0.2, 0.25) is 0 Å². The van der Waals surface area contributed by atoms with Gasteiger partial charge in [-0.05, 0) is 31.0 Å². The zero-order valence-corrected chi connectivity index (χ0v) is 14.6. The number of hydrogen-bond donors (Lipinski definition) is 1. The second-order valence-electron chi connectivity index (χ2n) is 6.07. The summed E-state index contributed by atoms with van der Waals surface area (Å²) in [5.74, 6) is -0.212. The number of amides is 1. The molecule has 8 heteroatoms. The Morgan fingerprint density at radius 3 is 2.42 bits per heavy atom. The first-order valence-electron chi connectivity index (χ1n) is 8.23. The summed E-state index contributed by atoms with van der Waals surface area (Å²) < 4.78 is 32.3. The molecule has 1 N–H and O–H groups in total. The van der Waals surface area contributed by atoms with Crippen LogP contribution in [0.5, 0.6) is 0 Å². The van der Waals surface area contributed by atoms with Crippen molar-refractivity contribution in [3.8, 4) is 0 Å². The van der Waals surface area contributed by atoms with Crippen molar-refractivity contribution in [2.24, 2.45) is 0 Å². The van der Waals surface area contributed by atoms with Crippen molar-refractivity contribution < 1.29 is 17.9 Å². The summed E-state index contributed by atoms with van der Waals surface area (Å²) in [6.07, 6.45) is 2.21. The summed E-state index contributed by atoms with van der Waals surface area (Å²) >= 11 is 0. The van der Waals surface area contributed by atoms with Crippen LogP contribution in [0.4, 0.5) is 11.4 Å². The Kier molecular flexibility index (Phi) is 5.07. The lowest BCUT2D eigenvalue weighted by Gasteiger charge is -2.27. The van der Waals surface area contributed by atoms with Crippen molar-refractivity contribution in [2.75, 3.05) is 49.6 Å². The number of anilines is 2. The molecule has 0 aromatic heterocycles. The molecular weight excluding hydrogens is 330 g/mol. The van der Waals surface area contributed by atoms with E-state index >= 15 is 0 Å². The number of morpholine rings is 1. The van der Waals surface area contributed by atoms with Crippen LogP contribution >= 0.6 is 0 Å². The van der Waals surface area contributed by atoms with Crippen molar-refractivity contribution in [1.82, 2.24) is 4.31 Å². The van der Waals surface area contributed by atoms with Crippen LogP contribution < -0.4 is 10.2 Å². The molecule has 0 aliphatic carbocycles. The molecule has 0 saturated carbocycles. The Hall–Kier alpha value is -1.64. The second kappa shape index (κ2) is 7.08. The maximum absolute atomic E-state index is 12.8. The molecule has 0 bridgehead atoms. The zero-order chi connectivity index (χ0) is 17.2. The summed E-state index contributed by atoms with van der Waals surface area (Å²) in [5.41, 5.74) is 1.43. The number of benzene rings is 1. The highest BCUT2D eigenvalue weighted by atomic mass is 32.2. The number of ether oxygens (including phenoxy) is 1. The molecule has 2 aliphatic heterocycles. The average molecular weight is 353 g/mol. The van der Waals surface area contributed by atoms with E-state index in [1.165, 1.54) is 11.2 Å². The summed E-state index contributed by atoms with van der Waals surface area (Å²) in [6.45, 7) is 4.78. The molecule has 1 aromatic rings. The lowest BCUT2D eigenvalue weighted by Crippen LogP contribution is -2.40. The molecule has 2 heterocycles. The van der Waals surface area contributed by atoms with Crippen molar-refractivity contribution in [2.45, 2.75) is 24.7 Å². The van der Waals surface area contributed by atoms with Gasteiger partial charge in [0.2, 0.25) is 15.9 Å². The van der Waals surface area contributed by atoms with Gasteiger partial charge < -0.3 is 15.0 Å². The number of nitrogens with one attached hydrogen (secondary N) is 1. The Labute approximate surface area is 142 Å². The largest absolute Gasteiger partial charge is 0.379 e. The minimum absolute atomic E-state index is 0.205. The Balaban J connectivity index is 1.95. The topological polar surface area (TPSA) is 79.0 Å². The number of carbonyl (C=O) groups is 1. The molecule has 1 amide bonds. The number of nitrogens with zero attached hydrogens (tertiary/aromatic N) is 2. The standard InChI is InChI=1S/C16H23N3O4S/c1-13(20)17-15-12-14(4-5-16(15)18-6-2-3-7-18)24(21,22)19-8-10-23-11-9-19/h4-5,12H,2-3,6-11H2,1H3,(H,17,20). The molecular formula is C16H23N3O4S. The van der Waals surface area contributed by atoms with E-state index in [-0.39, 0.29) is 10.8 Å². The first kappa shape index (κ1) is 17.2. The maximum Gasteiger partial charge on any atom is 0.243 e. The van der Waals surface area contributed by atoms with Crippen LogP contribution in [0, 0.1) is 0 Å². The number of hydrogen-bond acceptors (Lipinski definition) is 5. The van der Waals surface area contributed by atoms with Gasteiger partial charge in [0.15, 0.2) is 0 Å². The summed E-state index contributed by atoms with van der Waals surface area (Å²) in [4.78, 5) is 13.9. The maximum atomic E-state index is 12.8. The molecule has 0 radical (unpaired) electrons. The molecule has 3 rings (SSSR count). The van der Waals surface area contributed by atoms with Crippen LogP contribution in [-0.2, 0) is 19.6 Å². The molecule has 0 spiro atoms. The van der Waals surface area contributed by atoms with E-state index in [1.54, 1.807) is 18.2 Å². The van der Waals surface area contributed by atoms with Crippen LogP contribution in [0.25, 0.3) is 0 Å². The first-order valence-corrected chi connectivity index (χ1v) is 9.67. The molecule has 24 heavy (non-hydrogen) atoms. The highest BCUT2D eigenvalue weighted by Gasteiger charge is 2.28. The van der Waals surface area contributed by atoms with Gasteiger partial charge in [0.1, 0.15) is 0 Å². The van der Waals surface area contributed by atoms with E-state index in [1.807, 2.05) is 0 Å². The molecule has 2 fully saturated rings. The van der Waals surface area contributed by atoms with Crippen LogP contribution in [0.1, 0.15) is 19.8 Å². The minimum atomic E-state index is -3.58. The molecule has 0 unspecified atom stereocenters. The summed E-state index contributed by atoms with van der Waals surface area (Å²) in [6, 6.07) is 4.99. The third-order valence-corrected chi connectivity index (χ3v) is 6.23. The normalized spacial score (nSPS) is 19.5. The highest BCUT2D eigenvalue weighted by Crippen LogP contribution is 2.32. The number of carbonyl (C=O) groups excluding carboxylic acids is 1. The SMILES string of the molecule is CC(=O)Nc1cc(S(=O)(=O)N2CCOCC2)ccc1N1CCCC1. The Morgan fingerprint density at radius 2 is 1.79 bits per heavy atom. The molecule has 7 nitrogen and oxygen atoms in total. The Morgan fingerprint density at radius 1 is 1.12 bits per heavy atom. The van der Waals surface area contributed by atoms with E-state index < -0.39 is 10.0 Å². The van der Waals surface area contributed by atoms with Gasteiger partial charge in [0, 0.05) is 33.1 Å². The monoisotopic (exact) mass is 353 g/mol. The van der Waals surface area contributed by atoms with Crippen molar-refractivity contribution in [3.63, 3.8) is 0 Å². The van der Waals surface area contributed by atoms with E-state index in [9.17, 15) is 13.2 Å². The van der Waals surface area contributed by atoms with Gasteiger partial charge in [-0.1, -0.05) is 0 Å². The summed E-state index contributed by atoms with van der Waals surface area (Å²) in [7, 11) is -3.58. The van der Waals surface area contributed by atoms with Gasteiger partial charge in [-0.3, -0.25) is 4.79 Å². The predicted molar refractivity (Wildman–Crippen MR) is 91.8 cm³/mol. The van der Waals surface area contributed by atoms with Crippen molar-refractivity contribution >= 4 is 27.3 Å². The van der Waals surface area contributed by atoms with Gasteiger partial charge in [-0.15, -0.1) is 0 Å². The number of rotatable bonds is 4. The second-order valence-corrected chi connectivity index (χ2v) is 8.01. The van der Waals surface area contributed by atoms with Gasteiger partial charge in [0.05, 0.1) is 29.5 Å². The van der Waals surface area contributed by atoms with Gasteiger partial charge in [-0.25, -0.2) is 8.42 Å². The fourth-order valence-corrected chi connectivity index (χ4v) is 4.57. The number of sulfonamides is 1. The molecule has 132 valence electrons. The quantitative estimate of drug-likeness (QED) is 0.882. The van der Waals surface area contributed by atoms with E-state index in [2.05, 4.69) is 10.2 Å². The third-order valence-electron chi connectivity index (χ3n) is 4.33. The van der Waals surface area contributed by atoms with Crippen LogP contribution in [0.15, 0.2) is 23.1 Å². The lowest BCUT2D eigenvalue weighted by molar-refractivity contribution is -0.114. The average Bonchev–Trinajstić information content (AvgIpc) is 3.09. The van der Waals surface area contributed by atoms with Gasteiger partial charge >= 0.3 is 0 Å². The lowest BCUT2D eigenvalue weighted by atomic mass is 10.2. The minimum Gasteiger partial charge on any atom is -0.379 e. The van der Waals surface area contributed by atoms with Crippen molar-refractivity contribution in [1.29, 1.82) is 0 Å². The molecule has 0 atom stereocenters. The van der Waals surface area contributed by atoms with E-state index in [0.717, 1.165) is 31.6 Å².